The average molecular weight is 704 g/mol. The van der Waals surface area contributed by atoms with Gasteiger partial charge in [0.25, 0.3) is 0 Å². The van der Waals surface area contributed by atoms with Crippen molar-refractivity contribution in [2.45, 2.75) is 0 Å². The Morgan fingerprint density at radius 3 is 1.64 bits per heavy atom. The molecule has 0 fully saturated rings. The second-order valence-corrected chi connectivity index (χ2v) is 14.0. The van der Waals surface area contributed by atoms with Crippen LogP contribution in [0, 0.1) is 0 Å². The van der Waals surface area contributed by atoms with Crippen LogP contribution in [0.25, 0.3) is 88.0 Å². The molecule has 2 aromatic heterocycles. The highest BCUT2D eigenvalue weighted by Crippen LogP contribution is 2.46. The summed E-state index contributed by atoms with van der Waals surface area (Å²) in [5, 5.41) is 6.79. The van der Waals surface area contributed by atoms with Gasteiger partial charge in [-0.15, -0.1) is 0 Å². The number of nitrogens with zero attached hydrogens (tertiary/aromatic N) is 1. The third-order valence-electron chi connectivity index (χ3n) is 10.9. The Labute approximate surface area is 317 Å². The summed E-state index contributed by atoms with van der Waals surface area (Å²) in [5.74, 6) is 0. The minimum atomic E-state index is 0.837. The summed E-state index contributed by atoms with van der Waals surface area (Å²) in [7, 11) is 0. The lowest BCUT2D eigenvalue weighted by molar-refractivity contribution is 0.670. The van der Waals surface area contributed by atoms with Crippen LogP contribution < -0.4 is 4.90 Å². The quantitative estimate of drug-likeness (QED) is 0.173. The molecule has 258 valence electrons. The van der Waals surface area contributed by atoms with Gasteiger partial charge in [0, 0.05) is 44.7 Å². The van der Waals surface area contributed by atoms with Gasteiger partial charge >= 0.3 is 0 Å². The minimum Gasteiger partial charge on any atom is -0.455 e. The molecule has 11 aromatic rings. The van der Waals surface area contributed by atoms with E-state index >= 15 is 0 Å². The Hall–Kier alpha value is -7.36. The van der Waals surface area contributed by atoms with E-state index in [0.29, 0.717) is 0 Å². The zero-order valence-electron chi connectivity index (χ0n) is 29.8. The molecule has 0 aliphatic rings. The van der Waals surface area contributed by atoms with E-state index < -0.39 is 0 Å². The van der Waals surface area contributed by atoms with Gasteiger partial charge < -0.3 is 13.7 Å². The van der Waals surface area contributed by atoms with E-state index in [2.05, 4.69) is 193 Å². The van der Waals surface area contributed by atoms with E-state index in [4.69, 9.17) is 8.83 Å². The molecule has 0 radical (unpaired) electrons. The molecule has 2 heterocycles. The van der Waals surface area contributed by atoms with Crippen LogP contribution in [-0.4, -0.2) is 0 Å². The molecule has 0 bridgehead atoms. The van der Waals surface area contributed by atoms with Crippen LogP contribution in [0.2, 0.25) is 0 Å². The molecular weight excluding hydrogens is 671 g/mol. The molecule has 0 saturated heterocycles. The number of benzene rings is 9. The number of furan rings is 2. The summed E-state index contributed by atoms with van der Waals surface area (Å²) >= 11 is 0. The van der Waals surface area contributed by atoms with E-state index in [9.17, 15) is 0 Å². The lowest BCUT2D eigenvalue weighted by atomic mass is 9.98. The molecule has 0 saturated carbocycles. The second-order valence-electron chi connectivity index (χ2n) is 14.0. The lowest BCUT2D eigenvalue weighted by Gasteiger charge is -2.26. The molecule has 0 amide bonds. The average Bonchev–Trinajstić information content (AvgIpc) is 3.83. The van der Waals surface area contributed by atoms with Gasteiger partial charge in [0.05, 0.1) is 11.1 Å². The van der Waals surface area contributed by atoms with Gasteiger partial charge in [0.1, 0.15) is 22.3 Å². The summed E-state index contributed by atoms with van der Waals surface area (Å²) in [4.78, 5) is 2.34. The van der Waals surface area contributed by atoms with E-state index in [1.807, 2.05) is 12.1 Å². The van der Waals surface area contributed by atoms with Crippen LogP contribution in [0.4, 0.5) is 17.1 Å². The molecule has 55 heavy (non-hydrogen) atoms. The highest BCUT2D eigenvalue weighted by molar-refractivity contribution is 6.17. The Bertz CT molecular complexity index is 3190. The molecule has 11 rings (SSSR count). The first kappa shape index (κ1) is 31.2. The third kappa shape index (κ3) is 5.13. The van der Waals surface area contributed by atoms with E-state index in [1.54, 1.807) is 0 Å². The van der Waals surface area contributed by atoms with Gasteiger partial charge in [-0.25, -0.2) is 0 Å². The number of fused-ring (bicyclic) bond motifs is 7. The molecular formula is C52H33NO2. The zero-order chi connectivity index (χ0) is 36.3. The topological polar surface area (TPSA) is 29.5 Å². The molecule has 0 N–H and O–H groups in total. The summed E-state index contributed by atoms with van der Waals surface area (Å²) in [6.07, 6.45) is 0. The van der Waals surface area contributed by atoms with Crippen molar-refractivity contribution >= 4 is 71.7 Å². The molecule has 9 aromatic carbocycles. The van der Waals surface area contributed by atoms with Crippen molar-refractivity contribution in [1.82, 2.24) is 0 Å². The fraction of sp³-hybridized carbons (Fsp3) is 0. The van der Waals surface area contributed by atoms with Crippen molar-refractivity contribution in [3.63, 3.8) is 0 Å². The SMILES string of the molecule is c1ccc(-c2cccc3c2oc2cc(N(c4ccc(-c5cccc6ccccc56)cc4)c4cccc5oc6c(-c7ccccc7)cccc6c45)ccc23)cc1. The van der Waals surface area contributed by atoms with Crippen LogP contribution in [0.1, 0.15) is 0 Å². The van der Waals surface area contributed by atoms with Crippen LogP contribution in [-0.2, 0) is 0 Å². The molecule has 3 nitrogen and oxygen atoms in total. The Balaban J connectivity index is 1.13. The molecule has 0 spiro atoms. The molecule has 0 atom stereocenters. The monoisotopic (exact) mass is 703 g/mol. The number of para-hydroxylation sites is 2. The first-order valence-electron chi connectivity index (χ1n) is 18.7. The standard InChI is InChI=1S/C52H33NO2/c1-3-13-35(14-4-1)42-21-10-23-45-44-32-31-39(33-49(44)55-51(42)45)53(38-29-27-37(28-30-38)41-20-9-18-34-17-7-8-19-40(34)41)47-25-12-26-48-50(47)46-24-11-22-43(52(46)54-48)36-15-5-2-6-16-36/h1-33H. The predicted octanol–water partition coefficient (Wildman–Crippen LogP) is 15.1. The Morgan fingerprint density at radius 1 is 0.327 bits per heavy atom. The fourth-order valence-electron chi connectivity index (χ4n) is 8.33. The van der Waals surface area contributed by atoms with Crippen molar-refractivity contribution in [3.05, 3.63) is 200 Å². The van der Waals surface area contributed by atoms with Crippen molar-refractivity contribution in [2.75, 3.05) is 4.90 Å². The highest BCUT2D eigenvalue weighted by Gasteiger charge is 2.22. The van der Waals surface area contributed by atoms with Crippen LogP contribution in [0.3, 0.4) is 0 Å². The van der Waals surface area contributed by atoms with E-state index in [0.717, 1.165) is 83.2 Å². The highest BCUT2D eigenvalue weighted by atomic mass is 16.3. The van der Waals surface area contributed by atoms with Crippen molar-refractivity contribution in [1.29, 1.82) is 0 Å². The molecule has 0 unspecified atom stereocenters. The Kier molecular flexibility index (Phi) is 7.17. The summed E-state index contributed by atoms with van der Waals surface area (Å²) in [5.41, 5.74) is 13.3. The predicted molar refractivity (Wildman–Crippen MR) is 229 cm³/mol. The van der Waals surface area contributed by atoms with Crippen LogP contribution >= 0.6 is 0 Å². The van der Waals surface area contributed by atoms with Gasteiger partial charge in [-0.05, 0) is 69.4 Å². The molecule has 0 aliphatic carbocycles. The maximum Gasteiger partial charge on any atom is 0.143 e. The normalized spacial score (nSPS) is 11.6. The maximum atomic E-state index is 6.78. The largest absolute Gasteiger partial charge is 0.455 e. The van der Waals surface area contributed by atoms with Gasteiger partial charge in [-0.1, -0.05) is 158 Å². The van der Waals surface area contributed by atoms with E-state index in [1.165, 1.54) is 21.9 Å². The summed E-state index contributed by atoms with van der Waals surface area (Å²) < 4.78 is 13.5. The number of anilines is 3. The number of hydrogen-bond acceptors (Lipinski definition) is 3. The number of rotatable bonds is 6. The summed E-state index contributed by atoms with van der Waals surface area (Å²) in [6, 6.07) is 70.7. The van der Waals surface area contributed by atoms with E-state index in [-0.39, 0.29) is 0 Å². The van der Waals surface area contributed by atoms with Crippen LogP contribution in [0.5, 0.6) is 0 Å². The third-order valence-corrected chi connectivity index (χ3v) is 10.9. The minimum absolute atomic E-state index is 0.837. The smallest absolute Gasteiger partial charge is 0.143 e. The van der Waals surface area contributed by atoms with Gasteiger partial charge in [-0.2, -0.15) is 0 Å². The lowest BCUT2D eigenvalue weighted by Crippen LogP contribution is -2.10. The second kappa shape index (κ2) is 12.6. The fourth-order valence-corrected chi connectivity index (χ4v) is 8.33. The van der Waals surface area contributed by atoms with Crippen LogP contribution in [0.15, 0.2) is 209 Å². The molecule has 0 aliphatic heterocycles. The van der Waals surface area contributed by atoms with Gasteiger partial charge in [0.2, 0.25) is 0 Å². The maximum absolute atomic E-state index is 6.78. The number of hydrogen-bond donors (Lipinski definition) is 0. The first-order valence-corrected chi connectivity index (χ1v) is 18.7. The van der Waals surface area contributed by atoms with Crippen molar-refractivity contribution < 1.29 is 8.83 Å². The molecule has 3 heteroatoms. The van der Waals surface area contributed by atoms with Crippen molar-refractivity contribution in [2.24, 2.45) is 0 Å². The summed E-state index contributed by atoms with van der Waals surface area (Å²) in [6.45, 7) is 0. The van der Waals surface area contributed by atoms with Crippen molar-refractivity contribution in [3.8, 4) is 33.4 Å². The van der Waals surface area contributed by atoms with Gasteiger partial charge in [-0.3, -0.25) is 0 Å². The Morgan fingerprint density at radius 2 is 0.873 bits per heavy atom. The zero-order valence-corrected chi connectivity index (χ0v) is 29.8. The van der Waals surface area contributed by atoms with Gasteiger partial charge in [0.15, 0.2) is 0 Å². The first-order chi connectivity index (χ1) is 27.3.